The maximum atomic E-state index is 8.96. The standard InChI is InChI=1S/C11H19NOS2/c1-8(6-13)7-15-10(5-12)11-9(2)3-4-14-11/h3-4,8,10,13H,5-7,12H2,1-2H3. The summed E-state index contributed by atoms with van der Waals surface area (Å²) in [5, 5.41) is 11.5. The molecule has 0 saturated heterocycles. The number of hydrogen-bond donors (Lipinski definition) is 2. The minimum absolute atomic E-state index is 0.258. The highest BCUT2D eigenvalue weighted by molar-refractivity contribution is 7.99. The van der Waals surface area contributed by atoms with Crippen LogP contribution in [-0.2, 0) is 0 Å². The second kappa shape index (κ2) is 6.53. The number of thioether (sulfide) groups is 1. The molecule has 1 heterocycles. The Labute approximate surface area is 99.9 Å². The maximum absolute atomic E-state index is 8.96. The van der Waals surface area contributed by atoms with E-state index in [1.54, 1.807) is 11.3 Å². The van der Waals surface area contributed by atoms with Crippen LogP contribution in [0.15, 0.2) is 11.4 Å². The summed E-state index contributed by atoms with van der Waals surface area (Å²) in [6.07, 6.45) is 0. The minimum atomic E-state index is 0.258. The molecule has 0 aliphatic carbocycles. The number of rotatable bonds is 6. The Morgan fingerprint density at radius 1 is 1.60 bits per heavy atom. The van der Waals surface area contributed by atoms with E-state index in [1.807, 2.05) is 11.8 Å². The smallest absolute Gasteiger partial charge is 0.0516 e. The highest BCUT2D eigenvalue weighted by Crippen LogP contribution is 2.34. The van der Waals surface area contributed by atoms with Gasteiger partial charge in [0.05, 0.1) is 5.25 Å². The van der Waals surface area contributed by atoms with Crippen molar-refractivity contribution in [3.63, 3.8) is 0 Å². The topological polar surface area (TPSA) is 46.2 Å². The molecule has 0 radical (unpaired) electrons. The third-order valence-corrected chi connectivity index (χ3v) is 5.18. The third-order valence-electron chi connectivity index (χ3n) is 2.30. The van der Waals surface area contributed by atoms with E-state index < -0.39 is 0 Å². The molecule has 0 saturated carbocycles. The largest absolute Gasteiger partial charge is 0.396 e. The van der Waals surface area contributed by atoms with Gasteiger partial charge in [0, 0.05) is 18.0 Å². The molecule has 0 aliphatic rings. The van der Waals surface area contributed by atoms with Crippen molar-refractivity contribution in [3.05, 3.63) is 21.9 Å². The molecule has 3 N–H and O–H groups in total. The van der Waals surface area contributed by atoms with Crippen LogP contribution < -0.4 is 5.73 Å². The van der Waals surface area contributed by atoms with Gasteiger partial charge in [-0.05, 0) is 35.6 Å². The van der Waals surface area contributed by atoms with Crippen LogP contribution >= 0.6 is 23.1 Å². The van der Waals surface area contributed by atoms with Crippen molar-refractivity contribution >= 4 is 23.1 Å². The monoisotopic (exact) mass is 245 g/mol. The zero-order valence-electron chi connectivity index (χ0n) is 9.27. The first-order valence-electron chi connectivity index (χ1n) is 5.15. The fourth-order valence-corrected chi connectivity index (χ4v) is 3.73. The Morgan fingerprint density at radius 3 is 2.80 bits per heavy atom. The zero-order chi connectivity index (χ0) is 11.3. The molecule has 4 heteroatoms. The Bertz CT molecular complexity index is 288. The lowest BCUT2D eigenvalue weighted by molar-refractivity contribution is 0.250. The fraction of sp³-hybridized carbons (Fsp3) is 0.636. The Balaban J connectivity index is 2.53. The Kier molecular flexibility index (Phi) is 5.68. The summed E-state index contributed by atoms with van der Waals surface area (Å²) in [4.78, 5) is 1.38. The van der Waals surface area contributed by atoms with E-state index >= 15 is 0 Å². The van der Waals surface area contributed by atoms with E-state index in [2.05, 4.69) is 25.3 Å². The van der Waals surface area contributed by atoms with Crippen LogP contribution in [0.2, 0.25) is 0 Å². The Hall–Kier alpha value is -0.0300. The lowest BCUT2D eigenvalue weighted by Crippen LogP contribution is -2.12. The summed E-state index contributed by atoms with van der Waals surface area (Å²) < 4.78 is 0. The van der Waals surface area contributed by atoms with E-state index in [1.165, 1.54) is 10.4 Å². The first-order chi connectivity index (χ1) is 7.19. The highest BCUT2D eigenvalue weighted by Gasteiger charge is 2.15. The van der Waals surface area contributed by atoms with Crippen molar-refractivity contribution in [2.24, 2.45) is 11.7 Å². The van der Waals surface area contributed by atoms with Crippen LogP contribution in [0.4, 0.5) is 0 Å². The van der Waals surface area contributed by atoms with Crippen molar-refractivity contribution in [2.75, 3.05) is 18.9 Å². The van der Waals surface area contributed by atoms with E-state index in [0.29, 0.717) is 17.7 Å². The molecule has 1 aromatic rings. The van der Waals surface area contributed by atoms with Gasteiger partial charge in [0.15, 0.2) is 0 Å². The van der Waals surface area contributed by atoms with Crippen LogP contribution in [0.25, 0.3) is 0 Å². The average molecular weight is 245 g/mol. The number of thiophene rings is 1. The SMILES string of the molecule is Cc1ccsc1C(CN)SCC(C)CO. The summed E-state index contributed by atoms with van der Waals surface area (Å²) in [5.74, 6) is 1.32. The summed E-state index contributed by atoms with van der Waals surface area (Å²) in [7, 11) is 0. The van der Waals surface area contributed by atoms with Gasteiger partial charge in [0.25, 0.3) is 0 Å². The molecule has 0 amide bonds. The molecule has 0 spiro atoms. The van der Waals surface area contributed by atoms with E-state index in [4.69, 9.17) is 10.8 Å². The van der Waals surface area contributed by atoms with Gasteiger partial charge in [0.1, 0.15) is 0 Å². The highest BCUT2D eigenvalue weighted by atomic mass is 32.2. The van der Waals surface area contributed by atoms with Gasteiger partial charge in [-0.15, -0.1) is 11.3 Å². The molecule has 1 rings (SSSR count). The van der Waals surface area contributed by atoms with Gasteiger partial charge < -0.3 is 10.8 Å². The van der Waals surface area contributed by atoms with Crippen LogP contribution in [-0.4, -0.2) is 24.0 Å². The van der Waals surface area contributed by atoms with Crippen LogP contribution in [0, 0.1) is 12.8 Å². The average Bonchev–Trinajstić information content (AvgIpc) is 2.65. The van der Waals surface area contributed by atoms with E-state index in [9.17, 15) is 0 Å². The van der Waals surface area contributed by atoms with Gasteiger partial charge in [0.2, 0.25) is 0 Å². The predicted molar refractivity (Wildman–Crippen MR) is 69.6 cm³/mol. The van der Waals surface area contributed by atoms with Crippen LogP contribution in [0.1, 0.15) is 22.6 Å². The second-order valence-corrected chi connectivity index (χ2v) is 6.00. The number of aliphatic hydroxyl groups excluding tert-OH is 1. The molecule has 2 atom stereocenters. The van der Waals surface area contributed by atoms with Gasteiger partial charge in [-0.25, -0.2) is 0 Å². The lowest BCUT2D eigenvalue weighted by atomic mass is 10.2. The van der Waals surface area contributed by atoms with Crippen molar-refractivity contribution < 1.29 is 5.11 Å². The molecule has 2 unspecified atom stereocenters. The van der Waals surface area contributed by atoms with Crippen molar-refractivity contribution in [3.8, 4) is 0 Å². The molecular formula is C11H19NOS2. The van der Waals surface area contributed by atoms with E-state index in [0.717, 1.165) is 5.75 Å². The van der Waals surface area contributed by atoms with Gasteiger partial charge in [-0.3, -0.25) is 0 Å². The molecule has 0 fully saturated rings. The second-order valence-electron chi connectivity index (χ2n) is 3.81. The molecule has 1 aromatic heterocycles. The van der Waals surface area contributed by atoms with Crippen LogP contribution in [0.5, 0.6) is 0 Å². The summed E-state index contributed by atoms with van der Waals surface area (Å²) in [5.41, 5.74) is 7.12. The third kappa shape index (κ3) is 3.79. The minimum Gasteiger partial charge on any atom is -0.396 e. The number of hydrogen-bond acceptors (Lipinski definition) is 4. The number of aryl methyl sites for hydroxylation is 1. The van der Waals surface area contributed by atoms with Crippen molar-refractivity contribution in [2.45, 2.75) is 19.1 Å². The van der Waals surface area contributed by atoms with Gasteiger partial charge in [-0.2, -0.15) is 11.8 Å². The van der Waals surface area contributed by atoms with Crippen molar-refractivity contribution in [1.29, 1.82) is 0 Å². The van der Waals surface area contributed by atoms with Gasteiger partial charge >= 0.3 is 0 Å². The number of nitrogens with two attached hydrogens (primary N) is 1. The molecular weight excluding hydrogens is 226 g/mol. The normalized spacial score (nSPS) is 15.2. The van der Waals surface area contributed by atoms with Crippen molar-refractivity contribution in [1.82, 2.24) is 0 Å². The molecule has 0 aromatic carbocycles. The lowest BCUT2D eigenvalue weighted by Gasteiger charge is -2.16. The fourth-order valence-electron chi connectivity index (χ4n) is 1.30. The molecule has 15 heavy (non-hydrogen) atoms. The quantitative estimate of drug-likeness (QED) is 0.809. The van der Waals surface area contributed by atoms with Crippen LogP contribution in [0.3, 0.4) is 0 Å². The molecule has 0 aliphatic heterocycles. The Morgan fingerprint density at radius 2 is 2.33 bits per heavy atom. The maximum Gasteiger partial charge on any atom is 0.0516 e. The summed E-state index contributed by atoms with van der Waals surface area (Å²) in [6.45, 7) is 5.12. The number of aliphatic hydroxyl groups is 1. The zero-order valence-corrected chi connectivity index (χ0v) is 10.9. The predicted octanol–water partition coefficient (Wildman–Crippen LogP) is 2.42. The van der Waals surface area contributed by atoms with E-state index in [-0.39, 0.29) is 6.61 Å². The summed E-state index contributed by atoms with van der Waals surface area (Å²) >= 11 is 3.63. The molecule has 2 nitrogen and oxygen atoms in total. The summed E-state index contributed by atoms with van der Waals surface area (Å²) in [6, 6.07) is 2.14. The first kappa shape index (κ1) is 13.0. The molecule has 86 valence electrons. The van der Waals surface area contributed by atoms with Gasteiger partial charge in [-0.1, -0.05) is 6.92 Å². The molecule has 0 bridgehead atoms. The first-order valence-corrected chi connectivity index (χ1v) is 7.08.